The third kappa shape index (κ3) is 6.53. The van der Waals surface area contributed by atoms with Crippen LogP contribution in [0.4, 0.5) is 0 Å². The van der Waals surface area contributed by atoms with Gasteiger partial charge in [0, 0.05) is 19.1 Å². The average molecular weight is 499 g/mol. The smallest absolute Gasteiger partial charge is 0.158 e. The van der Waals surface area contributed by atoms with Crippen molar-refractivity contribution in [2.24, 2.45) is 17.8 Å². The Hall–Kier alpha value is -1.40. The Bertz CT molecular complexity index is 841. The molecule has 0 amide bonds. The minimum Gasteiger partial charge on any atom is -0.508 e. The van der Waals surface area contributed by atoms with E-state index in [1.165, 1.54) is 37.7 Å². The molecule has 1 saturated carbocycles. The highest BCUT2D eigenvalue weighted by Gasteiger charge is 2.46. The molecule has 1 aromatic carbocycles. The predicted octanol–water partition coefficient (Wildman–Crippen LogP) is 6.70. The molecule has 0 aromatic heterocycles. The summed E-state index contributed by atoms with van der Waals surface area (Å²) in [7, 11) is 0. The maximum Gasteiger partial charge on any atom is 0.158 e. The van der Waals surface area contributed by atoms with Crippen molar-refractivity contribution in [1.82, 2.24) is 0 Å². The number of hydrogen-bond donors (Lipinski definition) is 1. The summed E-state index contributed by atoms with van der Waals surface area (Å²) < 4.78 is 25.1. The standard InChI is InChI=1S/C31H46O5/c1-2-3-4-11-24(35-30-13-5-7-17-33-30)15-16-25-26-19-22-10-9-12-28(32)27(22)20-23(26)21-29(25)36-31-14-6-8-18-34-31/h9-10,12,15-16,23-26,29-32H,2-8,11,13-14,17-21H2,1H3/b16-15+/t23-,24-,25+,26-,29+,30+,31+/m0/s1. The van der Waals surface area contributed by atoms with Crippen LogP contribution in [-0.4, -0.2) is 43.1 Å². The normalized spacial score (nSPS) is 33.4. The predicted molar refractivity (Wildman–Crippen MR) is 141 cm³/mol. The van der Waals surface area contributed by atoms with Crippen molar-refractivity contribution in [1.29, 1.82) is 0 Å². The molecule has 2 aliphatic carbocycles. The number of phenolic OH excluding ortho intramolecular Hbond substituents is 1. The first kappa shape index (κ1) is 26.2. The molecule has 1 N–H and O–H groups in total. The van der Waals surface area contributed by atoms with Gasteiger partial charge in [0.05, 0.1) is 12.2 Å². The van der Waals surface area contributed by atoms with Gasteiger partial charge in [-0.1, -0.05) is 50.5 Å². The van der Waals surface area contributed by atoms with Crippen LogP contribution < -0.4 is 0 Å². The largest absolute Gasteiger partial charge is 0.508 e. The zero-order valence-corrected chi connectivity index (χ0v) is 22.1. The van der Waals surface area contributed by atoms with Gasteiger partial charge in [-0.25, -0.2) is 0 Å². The molecule has 7 atom stereocenters. The Kier molecular flexibility index (Phi) is 9.40. The summed E-state index contributed by atoms with van der Waals surface area (Å²) in [5, 5.41) is 10.5. The van der Waals surface area contributed by atoms with Crippen LogP contribution in [0.1, 0.15) is 88.7 Å². The maximum atomic E-state index is 10.5. The number of aromatic hydroxyl groups is 1. The van der Waals surface area contributed by atoms with Crippen molar-refractivity contribution in [3.63, 3.8) is 0 Å². The lowest BCUT2D eigenvalue weighted by Gasteiger charge is -2.32. The van der Waals surface area contributed by atoms with E-state index in [0.29, 0.717) is 23.5 Å². The Morgan fingerprint density at radius 3 is 2.58 bits per heavy atom. The number of rotatable bonds is 10. The highest BCUT2D eigenvalue weighted by molar-refractivity contribution is 5.42. The van der Waals surface area contributed by atoms with Gasteiger partial charge in [0.25, 0.3) is 0 Å². The van der Waals surface area contributed by atoms with Gasteiger partial charge >= 0.3 is 0 Å². The molecule has 36 heavy (non-hydrogen) atoms. The monoisotopic (exact) mass is 498 g/mol. The Balaban J connectivity index is 1.33. The van der Waals surface area contributed by atoms with Crippen LogP contribution in [0.5, 0.6) is 5.75 Å². The molecule has 5 heteroatoms. The summed E-state index contributed by atoms with van der Waals surface area (Å²) in [5.41, 5.74) is 2.45. The molecule has 2 heterocycles. The Morgan fingerprint density at radius 2 is 1.83 bits per heavy atom. The van der Waals surface area contributed by atoms with Crippen molar-refractivity contribution in [2.45, 2.75) is 115 Å². The van der Waals surface area contributed by atoms with Crippen molar-refractivity contribution in [3.8, 4) is 5.75 Å². The minimum atomic E-state index is -0.0807. The Labute approximate surface area is 217 Å². The van der Waals surface area contributed by atoms with E-state index >= 15 is 0 Å². The van der Waals surface area contributed by atoms with Gasteiger partial charge in [-0.15, -0.1) is 0 Å². The number of fused-ring (bicyclic) bond motifs is 2. The minimum absolute atomic E-state index is 0.0708. The van der Waals surface area contributed by atoms with Crippen LogP contribution in [0.2, 0.25) is 0 Å². The molecule has 4 aliphatic rings. The topological polar surface area (TPSA) is 57.2 Å². The van der Waals surface area contributed by atoms with Crippen molar-refractivity contribution in [3.05, 3.63) is 41.5 Å². The van der Waals surface area contributed by atoms with Crippen molar-refractivity contribution >= 4 is 0 Å². The summed E-state index contributed by atoms with van der Waals surface area (Å²) in [6.07, 6.45) is 19.1. The van der Waals surface area contributed by atoms with E-state index in [1.54, 1.807) is 0 Å². The molecule has 0 unspecified atom stereocenters. The van der Waals surface area contributed by atoms with Gasteiger partial charge in [0.1, 0.15) is 5.75 Å². The highest BCUT2D eigenvalue weighted by atomic mass is 16.7. The van der Waals surface area contributed by atoms with Crippen LogP contribution in [0.25, 0.3) is 0 Å². The molecule has 0 spiro atoms. The summed E-state index contributed by atoms with van der Waals surface area (Å²) in [6, 6.07) is 6.02. The second kappa shape index (κ2) is 12.9. The van der Waals surface area contributed by atoms with E-state index in [-0.39, 0.29) is 24.8 Å². The molecule has 5 rings (SSSR count). The third-order valence-electron chi connectivity index (χ3n) is 8.80. The van der Waals surface area contributed by atoms with Gasteiger partial charge in [-0.2, -0.15) is 0 Å². The molecule has 200 valence electrons. The first-order chi connectivity index (χ1) is 17.7. The van der Waals surface area contributed by atoms with E-state index in [9.17, 15) is 5.11 Å². The number of hydrogen-bond acceptors (Lipinski definition) is 5. The van der Waals surface area contributed by atoms with Crippen LogP contribution >= 0.6 is 0 Å². The van der Waals surface area contributed by atoms with Crippen molar-refractivity contribution in [2.75, 3.05) is 13.2 Å². The molecule has 2 aliphatic heterocycles. The molecule has 2 saturated heterocycles. The Morgan fingerprint density at radius 1 is 1.03 bits per heavy atom. The van der Waals surface area contributed by atoms with Crippen molar-refractivity contribution < 1.29 is 24.1 Å². The van der Waals surface area contributed by atoms with E-state index in [0.717, 1.165) is 70.1 Å². The summed E-state index contributed by atoms with van der Waals surface area (Å²) in [5.74, 6) is 1.83. The number of unbranched alkanes of at least 4 members (excludes halogenated alkanes) is 2. The molecule has 5 nitrogen and oxygen atoms in total. The number of phenols is 1. The van der Waals surface area contributed by atoms with E-state index in [4.69, 9.17) is 18.9 Å². The summed E-state index contributed by atoms with van der Waals surface area (Å²) in [4.78, 5) is 0. The van der Waals surface area contributed by atoms with Gasteiger partial charge in [0.15, 0.2) is 12.6 Å². The van der Waals surface area contributed by atoms with Crippen LogP contribution in [0.15, 0.2) is 30.4 Å². The SMILES string of the molecule is CCCCC[C@@H](/C=C/[C@@H]1[C@H]2Cc3cccc(O)c3C[C@H]2C[C@H]1O[C@@H]1CCCCO1)O[C@@H]1CCCCO1. The summed E-state index contributed by atoms with van der Waals surface area (Å²) in [6.45, 7) is 3.87. The summed E-state index contributed by atoms with van der Waals surface area (Å²) >= 11 is 0. The third-order valence-corrected chi connectivity index (χ3v) is 8.80. The fourth-order valence-electron chi connectivity index (χ4n) is 6.82. The van der Waals surface area contributed by atoms with E-state index in [1.807, 2.05) is 12.1 Å². The van der Waals surface area contributed by atoms with Crippen LogP contribution in [0.3, 0.4) is 0 Å². The zero-order chi connectivity index (χ0) is 24.7. The molecule has 0 radical (unpaired) electrons. The van der Waals surface area contributed by atoms with Gasteiger partial charge in [-0.05, 0) is 93.2 Å². The second-order valence-corrected chi connectivity index (χ2v) is 11.4. The molecule has 3 fully saturated rings. The highest BCUT2D eigenvalue weighted by Crippen LogP contribution is 2.48. The maximum absolute atomic E-state index is 10.5. The van der Waals surface area contributed by atoms with Gasteiger partial charge in [-0.3, -0.25) is 0 Å². The number of benzene rings is 1. The van der Waals surface area contributed by atoms with E-state index < -0.39 is 0 Å². The molecule has 0 bridgehead atoms. The fraction of sp³-hybridized carbons (Fsp3) is 0.742. The molecular formula is C31H46O5. The molecule has 1 aromatic rings. The fourth-order valence-corrected chi connectivity index (χ4v) is 6.82. The van der Waals surface area contributed by atoms with E-state index in [2.05, 4.69) is 25.1 Å². The average Bonchev–Trinajstić information content (AvgIpc) is 3.23. The van der Waals surface area contributed by atoms with Gasteiger partial charge < -0.3 is 24.1 Å². The zero-order valence-electron chi connectivity index (χ0n) is 22.1. The first-order valence-electron chi connectivity index (χ1n) is 14.7. The lowest BCUT2D eigenvalue weighted by Crippen LogP contribution is -2.32. The lowest BCUT2D eigenvalue weighted by atomic mass is 9.74. The van der Waals surface area contributed by atoms with Crippen LogP contribution in [0, 0.1) is 17.8 Å². The quantitative estimate of drug-likeness (QED) is 0.287. The first-order valence-corrected chi connectivity index (χ1v) is 14.7. The lowest BCUT2D eigenvalue weighted by molar-refractivity contribution is -0.193. The number of ether oxygens (including phenoxy) is 4. The van der Waals surface area contributed by atoms with Crippen LogP contribution in [-0.2, 0) is 31.8 Å². The molecular weight excluding hydrogens is 452 g/mol. The van der Waals surface area contributed by atoms with Gasteiger partial charge in [0.2, 0.25) is 0 Å². The second-order valence-electron chi connectivity index (χ2n) is 11.4.